The summed E-state index contributed by atoms with van der Waals surface area (Å²) >= 11 is 0. The third kappa shape index (κ3) is 4.92. The highest BCUT2D eigenvalue weighted by molar-refractivity contribution is 5.55. The molecule has 0 spiro atoms. The molecule has 2 N–H and O–H groups in total. The highest BCUT2D eigenvalue weighted by atomic mass is 16.5. The number of methoxy groups -OCH3 is 2. The fourth-order valence-electron chi connectivity index (χ4n) is 1.75. The molecule has 0 amide bonds. The van der Waals surface area contributed by atoms with E-state index >= 15 is 0 Å². The Morgan fingerprint density at radius 1 is 1.10 bits per heavy atom. The van der Waals surface area contributed by atoms with Gasteiger partial charge >= 0.3 is 0 Å². The Morgan fingerprint density at radius 3 is 2.62 bits per heavy atom. The van der Waals surface area contributed by atoms with Gasteiger partial charge in [-0.1, -0.05) is 0 Å². The summed E-state index contributed by atoms with van der Waals surface area (Å²) in [5.74, 6) is 2.16. The highest BCUT2D eigenvalue weighted by Crippen LogP contribution is 2.18. The van der Waals surface area contributed by atoms with E-state index in [1.807, 2.05) is 30.3 Å². The Hall–Kier alpha value is -2.34. The van der Waals surface area contributed by atoms with Gasteiger partial charge in [0.2, 0.25) is 5.95 Å². The molecule has 0 unspecified atom stereocenters. The SMILES string of the molecule is COCCCNc1ccnc(Nc2ccc(OC)cc2)n1. The van der Waals surface area contributed by atoms with Gasteiger partial charge in [-0.25, -0.2) is 4.98 Å². The Bertz CT molecular complexity index is 546. The van der Waals surface area contributed by atoms with Crippen LogP contribution in [-0.2, 0) is 4.74 Å². The summed E-state index contributed by atoms with van der Waals surface area (Å²) in [6, 6.07) is 9.44. The zero-order valence-electron chi connectivity index (χ0n) is 12.3. The molecule has 2 rings (SSSR count). The molecule has 0 radical (unpaired) electrons. The summed E-state index contributed by atoms with van der Waals surface area (Å²) in [6.07, 6.45) is 2.65. The summed E-state index contributed by atoms with van der Waals surface area (Å²) < 4.78 is 10.1. The van der Waals surface area contributed by atoms with Crippen LogP contribution in [-0.4, -0.2) is 37.3 Å². The van der Waals surface area contributed by atoms with Gasteiger partial charge in [0.15, 0.2) is 0 Å². The highest BCUT2D eigenvalue weighted by Gasteiger charge is 2.00. The predicted molar refractivity (Wildman–Crippen MR) is 83.3 cm³/mol. The maximum absolute atomic E-state index is 5.12. The third-order valence-corrected chi connectivity index (χ3v) is 2.83. The van der Waals surface area contributed by atoms with Gasteiger partial charge in [0.1, 0.15) is 11.6 Å². The summed E-state index contributed by atoms with van der Waals surface area (Å²) in [5, 5.41) is 6.39. The summed E-state index contributed by atoms with van der Waals surface area (Å²) in [6.45, 7) is 1.54. The molecule has 2 aromatic rings. The first-order chi connectivity index (χ1) is 10.3. The number of nitrogens with one attached hydrogen (secondary N) is 2. The number of benzene rings is 1. The molecule has 0 bridgehead atoms. The lowest BCUT2D eigenvalue weighted by molar-refractivity contribution is 0.198. The first-order valence-electron chi connectivity index (χ1n) is 6.79. The van der Waals surface area contributed by atoms with E-state index < -0.39 is 0 Å². The van der Waals surface area contributed by atoms with Crippen molar-refractivity contribution in [3.63, 3.8) is 0 Å². The lowest BCUT2D eigenvalue weighted by Crippen LogP contribution is -2.07. The van der Waals surface area contributed by atoms with E-state index in [2.05, 4.69) is 20.6 Å². The van der Waals surface area contributed by atoms with Crippen LogP contribution >= 0.6 is 0 Å². The van der Waals surface area contributed by atoms with Crippen LogP contribution in [0.25, 0.3) is 0 Å². The van der Waals surface area contributed by atoms with Crippen molar-refractivity contribution in [3.05, 3.63) is 36.5 Å². The zero-order valence-corrected chi connectivity index (χ0v) is 12.3. The monoisotopic (exact) mass is 288 g/mol. The van der Waals surface area contributed by atoms with Gasteiger partial charge in [0.05, 0.1) is 7.11 Å². The second-order valence-electron chi connectivity index (χ2n) is 4.39. The van der Waals surface area contributed by atoms with E-state index in [1.54, 1.807) is 20.4 Å². The molecule has 1 heterocycles. The van der Waals surface area contributed by atoms with Crippen LogP contribution in [0.15, 0.2) is 36.5 Å². The molecular formula is C15H20N4O2. The van der Waals surface area contributed by atoms with Crippen LogP contribution in [0.3, 0.4) is 0 Å². The third-order valence-electron chi connectivity index (χ3n) is 2.83. The van der Waals surface area contributed by atoms with Crippen LogP contribution in [0.2, 0.25) is 0 Å². The Labute approximate surface area is 124 Å². The number of rotatable bonds is 8. The lowest BCUT2D eigenvalue weighted by atomic mass is 10.3. The number of hydrogen-bond donors (Lipinski definition) is 2. The first-order valence-corrected chi connectivity index (χ1v) is 6.79. The van der Waals surface area contributed by atoms with Crippen LogP contribution in [0.4, 0.5) is 17.5 Å². The van der Waals surface area contributed by atoms with Crippen molar-refractivity contribution in [1.29, 1.82) is 0 Å². The van der Waals surface area contributed by atoms with Crippen molar-refractivity contribution >= 4 is 17.5 Å². The second kappa shape index (κ2) is 8.06. The molecule has 0 fully saturated rings. The number of anilines is 3. The molecule has 0 aliphatic rings. The average molecular weight is 288 g/mol. The first kappa shape index (κ1) is 15.1. The van der Waals surface area contributed by atoms with E-state index in [0.717, 1.165) is 36.8 Å². The molecule has 21 heavy (non-hydrogen) atoms. The van der Waals surface area contributed by atoms with Gasteiger partial charge in [-0.05, 0) is 36.8 Å². The summed E-state index contributed by atoms with van der Waals surface area (Å²) in [7, 11) is 3.34. The molecule has 0 atom stereocenters. The lowest BCUT2D eigenvalue weighted by Gasteiger charge is -2.08. The standard InChI is InChI=1S/C15H20N4O2/c1-20-11-3-9-16-14-8-10-17-15(19-14)18-12-4-6-13(21-2)7-5-12/h4-8,10H,3,9,11H2,1-2H3,(H2,16,17,18,19). The largest absolute Gasteiger partial charge is 0.497 e. The van der Waals surface area contributed by atoms with E-state index in [4.69, 9.17) is 9.47 Å². The van der Waals surface area contributed by atoms with Crippen molar-refractivity contribution in [3.8, 4) is 5.75 Å². The van der Waals surface area contributed by atoms with Crippen LogP contribution in [0, 0.1) is 0 Å². The van der Waals surface area contributed by atoms with Gasteiger partial charge in [-0.15, -0.1) is 0 Å². The topological polar surface area (TPSA) is 68.3 Å². The molecule has 1 aromatic carbocycles. The molecule has 0 saturated heterocycles. The van der Waals surface area contributed by atoms with Crippen LogP contribution in [0.1, 0.15) is 6.42 Å². The number of aromatic nitrogens is 2. The molecule has 6 heteroatoms. The Kier molecular flexibility index (Phi) is 5.78. The van der Waals surface area contributed by atoms with Gasteiger partial charge in [0.25, 0.3) is 0 Å². The minimum Gasteiger partial charge on any atom is -0.497 e. The quantitative estimate of drug-likeness (QED) is 0.728. The number of nitrogens with zero attached hydrogens (tertiary/aromatic N) is 2. The maximum Gasteiger partial charge on any atom is 0.229 e. The summed E-state index contributed by atoms with van der Waals surface area (Å²) in [5.41, 5.74) is 0.910. The van der Waals surface area contributed by atoms with Gasteiger partial charge in [-0.3, -0.25) is 0 Å². The summed E-state index contributed by atoms with van der Waals surface area (Å²) in [4.78, 5) is 8.61. The van der Waals surface area contributed by atoms with E-state index in [9.17, 15) is 0 Å². The van der Waals surface area contributed by atoms with E-state index in [0.29, 0.717) is 5.95 Å². The van der Waals surface area contributed by atoms with E-state index in [1.165, 1.54) is 0 Å². The minimum atomic E-state index is 0.553. The zero-order chi connectivity index (χ0) is 14.9. The molecule has 6 nitrogen and oxygen atoms in total. The van der Waals surface area contributed by atoms with Crippen molar-refractivity contribution in [2.75, 3.05) is 38.0 Å². The average Bonchev–Trinajstić information content (AvgIpc) is 2.53. The molecule has 1 aromatic heterocycles. The van der Waals surface area contributed by atoms with E-state index in [-0.39, 0.29) is 0 Å². The van der Waals surface area contributed by atoms with Crippen LogP contribution in [0.5, 0.6) is 5.75 Å². The number of hydrogen-bond acceptors (Lipinski definition) is 6. The van der Waals surface area contributed by atoms with Gasteiger partial charge < -0.3 is 20.1 Å². The fraction of sp³-hybridized carbons (Fsp3) is 0.333. The Morgan fingerprint density at radius 2 is 1.90 bits per heavy atom. The minimum absolute atomic E-state index is 0.553. The Balaban J connectivity index is 1.93. The van der Waals surface area contributed by atoms with Gasteiger partial charge in [0, 0.05) is 32.1 Å². The van der Waals surface area contributed by atoms with Crippen molar-refractivity contribution in [2.45, 2.75) is 6.42 Å². The van der Waals surface area contributed by atoms with Crippen LogP contribution < -0.4 is 15.4 Å². The number of ether oxygens (including phenoxy) is 2. The normalized spacial score (nSPS) is 10.2. The van der Waals surface area contributed by atoms with Crippen molar-refractivity contribution in [1.82, 2.24) is 9.97 Å². The molecule has 0 aliphatic carbocycles. The van der Waals surface area contributed by atoms with Gasteiger partial charge in [-0.2, -0.15) is 4.98 Å². The molecule has 112 valence electrons. The fourth-order valence-corrected chi connectivity index (χ4v) is 1.75. The van der Waals surface area contributed by atoms with Crippen molar-refractivity contribution in [2.24, 2.45) is 0 Å². The smallest absolute Gasteiger partial charge is 0.229 e. The molecule has 0 aliphatic heterocycles. The predicted octanol–water partition coefficient (Wildman–Crippen LogP) is 2.68. The second-order valence-corrected chi connectivity index (χ2v) is 4.39. The maximum atomic E-state index is 5.12. The molecular weight excluding hydrogens is 268 g/mol. The molecule has 0 saturated carbocycles. The van der Waals surface area contributed by atoms with Crippen molar-refractivity contribution < 1.29 is 9.47 Å².